The van der Waals surface area contributed by atoms with Gasteiger partial charge in [-0.3, -0.25) is 14.9 Å². The van der Waals surface area contributed by atoms with Crippen LogP contribution >= 0.6 is 35.5 Å². The highest BCUT2D eigenvalue weighted by molar-refractivity contribution is 8.01. The lowest BCUT2D eigenvalue weighted by Gasteiger charge is -2.24. The molecule has 2 aromatic rings. The van der Waals surface area contributed by atoms with E-state index in [0.717, 1.165) is 29.4 Å². The smallest absolute Gasteiger partial charge is 0.284 e. The molecule has 146 valence electrons. The molecule has 27 heavy (non-hydrogen) atoms. The molecule has 7 nitrogen and oxygen atoms in total. The van der Waals surface area contributed by atoms with Gasteiger partial charge >= 0.3 is 0 Å². The Labute approximate surface area is 172 Å². The van der Waals surface area contributed by atoms with Crippen molar-refractivity contribution in [2.75, 3.05) is 20.1 Å². The van der Waals surface area contributed by atoms with E-state index in [1.807, 2.05) is 24.3 Å². The number of amides is 1. The zero-order valence-electron chi connectivity index (χ0n) is 15.0. The largest absolute Gasteiger partial charge is 0.334 e. The van der Waals surface area contributed by atoms with Gasteiger partial charge in [-0.2, -0.15) is 0 Å². The molecule has 1 saturated heterocycles. The number of aromatic nitrogens is 1. The first-order valence-corrected chi connectivity index (χ1v) is 10.0. The number of hydrogen-bond acceptors (Lipinski definition) is 7. The first-order valence-electron chi connectivity index (χ1n) is 8.33. The zero-order valence-corrected chi connectivity index (χ0v) is 17.5. The third-order valence-electron chi connectivity index (χ3n) is 4.28. The Balaban J connectivity index is 0.00000261. The third-order valence-corrected chi connectivity index (χ3v) is 6.40. The Hall–Kier alpha value is -1.68. The number of rotatable bonds is 6. The van der Waals surface area contributed by atoms with Crippen molar-refractivity contribution in [2.24, 2.45) is 0 Å². The minimum Gasteiger partial charge on any atom is -0.334 e. The van der Waals surface area contributed by atoms with Crippen molar-refractivity contribution >= 4 is 47.1 Å². The lowest BCUT2D eigenvalue weighted by Crippen LogP contribution is -2.40. The van der Waals surface area contributed by atoms with Crippen LogP contribution in [0.25, 0.3) is 0 Å². The van der Waals surface area contributed by atoms with Gasteiger partial charge in [0, 0.05) is 41.8 Å². The van der Waals surface area contributed by atoms with Gasteiger partial charge in [0.1, 0.15) is 0 Å². The molecule has 2 heterocycles. The van der Waals surface area contributed by atoms with Crippen LogP contribution in [-0.4, -0.2) is 46.9 Å². The maximum absolute atomic E-state index is 12.8. The van der Waals surface area contributed by atoms with Crippen LogP contribution in [0.15, 0.2) is 32.8 Å². The van der Waals surface area contributed by atoms with E-state index in [0.29, 0.717) is 17.0 Å². The van der Waals surface area contributed by atoms with Crippen molar-refractivity contribution in [2.45, 2.75) is 35.0 Å². The van der Waals surface area contributed by atoms with E-state index >= 15 is 0 Å². The summed E-state index contributed by atoms with van der Waals surface area (Å²) in [7, 11) is 1.86. The Morgan fingerprint density at radius 2 is 2.30 bits per heavy atom. The maximum atomic E-state index is 12.8. The Bertz CT molecular complexity index is 830. The quantitative estimate of drug-likeness (QED) is 0.556. The molecule has 0 saturated carbocycles. The van der Waals surface area contributed by atoms with Crippen LogP contribution < -0.4 is 5.32 Å². The Morgan fingerprint density at radius 3 is 2.93 bits per heavy atom. The highest BCUT2D eigenvalue weighted by atomic mass is 35.5. The standard InChI is InChI=1S/C17H20N4O3S2.ClH/c1-11-10-25-17(19-11)26-15-6-5-12(8-14(15)21(23)24)16(22)20-7-3-4-13(20)9-18-2;/h5-6,8,10,13,18H,3-4,7,9H2,1-2H3;1H. The van der Waals surface area contributed by atoms with E-state index < -0.39 is 4.92 Å². The number of carbonyl (C=O) groups is 1. The van der Waals surface area contributed by atoms with Crippen molar-refractivity contribution in [1.82, 2.24) is 15.2 Å². The molecule has 1 atom stereocenters. The minimum absolute atomic E-state index is 0. The summed E-state index contributed by atoms with van der Waals surface area (Å²) in [5, 5.41) is 16.5. The number of halogens is 1. The van der Waals surface area contributed by atoms with E-state index in [-0.39, 0.29) is 30.0 Å². The van der Waals surface area contributed by atoms with Gasteiger partial charge in [0.15, 0.2) is 4.34 Å². The average Bonchev–Trinajstić information content (AvgIpc) is 3.24. The SMILES string of the molecule is CNCC1CCCN1C(=O)c1ccc(Sc2nc(C)cs2)c([N+](=O)[O-])c1.Cl. The van der Waals surface area contributed by atoms with Crippen molar-refractivity contribution in [1.29, 1.82) is 0 Å². The van der Waals surface area contributed by atoms with E-state index in [9.17, 15) is 14.9 Å². The van der Waals surface area contributed by atoms with Crippen LogP contribution in [0.5, 0.6) is 0 Å². The summed E-state index contributed by atoms with van der Waals surface area (Å²) in [5.74, 6) is -0.146. The zero-order chi connectivity index (χ0) is 18.7. The molecule has 1 aliphatic rings. The van der Waals surface area contributed by atoms with Gasteiger partial charge in [-0.15, -0.1) is 23.7 Å². The molecule has 1 aliphatic heterocycles. The average molecular weight is 429 g/mol. The fraction of sp³-hybridized carbons (Fsp3) is 0.412. The van der Waals surface area contributed by atoms with E-state index in [4.69, 9.17) is 0 Å². The molecule has 0 aliphatic carbocycles. The van der Waals surface area contributed by atoms with Crippen LogP contribution in [0.3, 0.4) is 0 Å². The molecule has 1 N–H and O–H groups in total. The predicted octanol–water partition coefficient (Wildman–Crippen LogP) is 3.76. The normalized spacial score (nSPS) is 16.2. The second-order valence-corrected chi connectivity index (χ2v) is 8.30. The fourth-order valence-electron chi connectivity index (χ4n) is 3.07. The van der Waals surface area contributed by atoms with Gasteiger partial charge in [0.25, 0.3) is 11.6 Å². The fourth-order valence-corrected chi connectivity index (χ4v) is 4.95. The first-order chi connectivity index (χ1) is 12.5. The maximum Gasteiger partial charge on any atom is 0.284 e. The van der Waals surface area contributed by atoms with Crippen molar-refractivity contribution in [3.05, 3.63) is 45.0 Å². The Kier molecular flexibility index (Phi) is 7.60. The van der Waals surface area contributed by atoms with Gasteiger partial charge in [0.05, 0.1) is 9.82 Å². The number of nitro benzene ring substituents is 1. The van der Waals surface area contributed by atoms with Gasteiger partial charge in [-0.05, 0) is 38.9 Å². The van der Waals surface area contributed by atoms with E-state index in [2.05, 4.69) is 10.3 Å². The van der Waals surface area contributed by atoms with E-state index in [1.54, 1.807) is 12.1 Å². The molecular formula is C17H21ClN4O3S2. The van der Waals surface area contributed by atoms with Crippen LogP contribution in [-0.2, 0) is 0 Å². The molecular weight excluding hydrogens is 408 g/mol. The summed E-state index contributed by atoms with van der Waals surface area (Å²) in [6.07, 6.45) is 1.91. The first kappa shape index (κ1) is 21.6. The summed E-state index contributed by atoms with van der Waals surface area (Å²) in [5.41, 5.74) is 1.19. The number of benzene rings is 1. The highest BCUT2D eigenvalue weighted by Crippen LogP contribution is 2.37. The van der Waals surface area contributed by atoms with Crippen LogP contribution in [0.1, 0.15) is 28.9 Å². The van der Waals surface area contributed by atoms with Crippen molar-refractivity contribution in [3.8, 4) is 0 Å². The van der Waals surface area contributed by atoms with Crippen molar-refractivity contribution in [3.63, 3.8) is 0 Å². The highest BCUT2D eigenvalue weighted by Gasteiger charge is 2.30. The molecule has 1 unspecified atom stereocenters. The van der Waals surface area contributed by atoms with Gasteiger partial charge < -0.3 is 10.2 Å². The number of nitrogens with zero attached hydrogens (tertiary/aromatic N) is 3. The summed E-state index contributed by atoms with van der Waals surface area (Å²) in [4.78, 5) is 30.6. The lowest BCUT2D eigenvalue weighted by molar-refractivity contribution is -0.387. The summed E-state index contributed by atoms with van der Waals surface area (Å²) in [6, 6.07) is 4.85. The lowest BCUT2D eigenvalue weighted by atomic mass is 10.1. The molecule has 0 bridgehead atoms. The second kappa shape index (κ2) is 9.50. The molecule has 10 heteroatoms. The predicted molar refractivity (Wildman–Crippen MR) is 109 cm³/mol. The number of likely N-dealkylation sites (tertiary alicyclic amines) is 1. The molecule has 0 radical (unpaired) electrons. The van der Waals surface area contributed by atoms with E-state index in [1.165, 1.54) is 29.2 Å². The minimum atomic E-state index is -0.436. The van der Waals surface area contributed by atoms with Gasteiger partial charge in [0.2, 0.25) is 0 Å². The van der Waals surface area contributed by atoms with Crippen LogP contribution in [0.2, 0.25) is 0 Å². The molecule has 3 rings (SSSR count). The number of thiazole rings is 1. The number of nitrogens with one attached hydrogen (secondary N) is 1. The Morgan fingerprint density at radius 1 is 1.52 bits per heavy atom. The number of nitro groups is 1. The topological polar surface area (TPSA) is 88.4 Å². The molecule has 0 spiro atoms. The van der Waals surface area contributed by atoms with Gasteiger partial charge in [-0.1, -0.05) is 11.8 Å². The summed E-state index contributed by atoms with van der Waals surface area (Å²) < 4.78 is 0.748. The number of hydrogen-bond donors (Lipinski definition) is 1. The van der Waals surface area contributed by atoms with Gasteiger partial charge in [-0.25, -0.2) is 4.98 Å². The number of carbonyl (C=O) groups excluding carboxylic acids is 1. The number of likely N-dealkylation sites (N-methyl/N-ethyl adjacent to an activating group) is 1. The molecule has 1 amide bonds. The molecule has 1 fully saturated rings. The number of aryl methyl sites for hydroxylation is 1. The second-order valence-electron chi connectivity index (χ2n) is 6.15. The monoisotopic (exact) mass is 428 g/mol. The van der Waals surface area contributed by atoms with Crippen LogP contribution in [0, 0.1) is 17.0 Å². The van der Waals surface area contributed by atoms with Crippen molar-refractivity contribution < 1.29 is 9.72 Å². The molecule has 1 aromatic heterocycles. The summed E-state index contributed by atoms with van der Waals surface area (Å²) >= 11 is 2.70. The summed E-state index contributed by atoms with van der Waals surface area (Å²) in [6.45, 7) is 3.30. The molecule has 1 aromatic carbocycles. The van der Waals surface area contributed by atoms with Crippen LogP contribution in [0.4, 0.5) is 5.69 Å². The third kappa shape index (κ3) is 4.98.